The van der Waals surface area contributed by atoms with Gasteiger partial charge in [-0.1, -0.05) is 6.07 Å². The van der Waals surface area contributed by atoms with E-state index in [1.165, 1.54) is 0 Å². The topological polar surface area (TPSA) is 59.1 Å². The van der Waals surface area contributed by atoms with Crippen molar-refractivity contribution in [2.24, 2.45) is 0 Å². The minimum Gasteiger partial charge on any atom is -0.389 e. The summed E-state index contributed by atoms with van der Waals surface area (Å²) in [6.07, 6.45) is 1.10. The summed E-state index contributed by atoms with van der Waals surface area (Å²) in [7, 11) is 0. The maximum atomic E-state index is 9.03. The van der Waals surface area contributed by atoms with Gasteiger partial charge in [0.25, 0.3) is 0 Å². The van der Waals surface area contributed by atoms with Crippen molar-refractivity contribution in [3.63, 3.8) is 0 Å². The fraction of sp³-hybridized carbons (Fsp3) is 0.286. The first-order valence-electron chi connectivity index (χ1n) is 3.09. The van der Waals surface area contributed by atoms with E-state index < -0.39 is 6.10 Å². The Morgan fingerprint density at radius 2 is 2.30 bits per heavy atom. The zero-order valence-corrected chi connectivity index (χ0v) is 5.78. The quantitative estimate of drug-likeness (QED) is 0.601. The number of nitrogen functional groups attached to an aromatic ring is 1. The third-order valence-corrected chi connectivity index (χ3v) is 1.29. The van der Waals surface area contributed by atoms with E-state index in [-0.39, 0.29) is 0 Å². The van der Waals surface area contributed by atoms with E-state index in [4.69, 9.17) is 10.8 Å². The van der Waals surface area contributed by atoms with E-state index in [2.05, 4.69) is 4.98 Å². The van der Waals surface area contributed by atoms with Gasteiger partial charge in [0.15, 0.2) is 0 Å². The lowest BCUT2D eigenvalue weighted by Crippen LogP contribution is -1.94. The lowest BCUT2D eigenvalue weighted by atomic mass is 10.2. The van der Waals surface area contributed by atoms with Crippen molar-refractivity contribution in [3.05, 3.63) is 23.9 Å². The number of aliphatic hydroxyl groups is 1. The van der Waals surface area contributed by atoms with Gasteiger partial charge in [0, 0.05) is 6.20 Å². The first-order chi connectivity index (χ1) is 4.70. The number of nitrogens with zero attached hydrogens (tertiary/aromatic N) is 1. The molecule has 0 aliphatic rings. The zero-order valence-electron chi connectivity index (χ0n) is 5.78. The van der Waals surface area contributed by atoms with Crippen molar-refractivity contribution in [3.8, 4) is 0 Å². The summed E-state index contributed by atoms with van der Waals surface area (Å²) in [5, 5.41) is 9.03. The summed E-state index contributed by atoms with van der Waals surface area (Å²) >= 11 is 0. The lowest BCUT2D eigenvalue weighted by Gasteiger charge is -2.02. The van der Waals surface area contributed by atoms with Crippen molar-refractivity contribution in [2.45, 2.75) is 13.0 Å². The molecule has 1 atom stereocenters. The molecule has 0 fully saturated rings. The highest BCUT2D eigenvalue weighted by Gasteiger charge is 1.98. The molecule has 0 amide bonds. The molecule has 0 saturated carbocycles. The van der Waals surface area contributed by atoms with Crippen LogP contribution in [0.25, 0.3) is 0 Å². The van der Waals surface area contributed by atoms with Crippen molar-refractivity contribution in [1.82, 2.24) is 4.98 Å². The van der Waals surface area contributed by atoms with Gasteiger partial charge in [-0.15, -0.1) is 0 Å². The molecule has 3 nitrogen and oxygen atoms in total. The highest BCUT2D eigenvalue weighted by molar-refractivity contribution is 5.29. The van der Waals surface area contributed by atoms with E-state index in [9.17, 15) is 0 Å². The van der Waals surface area contributed by atoms with Crippen molar-refractivity contribution in [1.29, 1.82) is 0 Å². The third-order valence-electron chi connectivity index (χ3n) is 1.29. The number of hydrogen-bond acceptors (Lipinski definition) is 3. The predicted molar refractivity (Wildman–Crippen MR) is 39.3 cm³/mol. The van der Waals surface area contributed by atoms with Crippen molar-refractivity contribution < 1.29 is 5.11 Å². The Hall–Kier alpha value is -1.09. The molecular formula is C7H10N2O. The summed E-state index contributed by atoms with van der Waals surface area (Å²) < 4.78 is 0. The van der Waals surface area contributed by atoms with Crippen molar-refractivity contribution in [2.75, 3.05) is 5.73 Å². The summed E-state index contributed by atoms with van der Waals surface area (Å²) in [5.74, 6) is 0.476. The predicted octanol–water partition coefficient (Wildman–Crippen LogP) is 0.717. The average molecular weight is 138 g/mol. The first-order valence-corrected chi connectivity index (χ1v) is 3.09. The Kier molecular flexibility index (Phi) is 1.87. The van der Waals surface area contributed by atoms with Crippen LogP contribution in [0.4, 0.5) is 5.82 Å². The van der Waals surface area contributed by atoms with Gasteiger partial charge in [0.2, 0.25) is 0 Å². The van der Waals surface area contributed by atoms with Gasteiger partial charge in [-0.25, -0.2) is 4.98 Å². The van der Waals surface area contributed by atoms with Gasteiger partial charge < -0.3 is 10.8 Å². The standard InChI is InChI=1S/C7H10N2O/c1-5(10)6-2-3-7(8)9-4-6/h2-5,10H,1H3,(H2,8,9). The van der Waals surface area contributed by atoms with Gasteiger partial charge >= 0.3 is 0 Å². The Morgan fingerprint density at radius 3 is 2.70 bits per heavy atom. The molecule has 3 N–H and O–H groups in total. The Labute approximate surface area is 59.5 Å². The number of aromatic nitrogens is 1. The molecule has 0 aliphatic heterocycles. The zero-order chi connectivity index (χ0) is 7.56. The van der Waals surface area contributed by atoms with Gasteiger partial charge in [-0.3, -0.25) is 0 Å². The number of pyridine rings is 1. The fourth-order valence-electron chi connectivity index (χ4n) is 0.664. The van der Waals surface area contributed by atoms with Crippen molar-refractivity contribution >= 4 is 5.82 Å². The molecule has 0 radical (unpaired) electrons. The molecule has 1 aromatic rings. The molecule has 0 saturated heterocycles. The van der Waals surface area contributed by atoms with Gasteiger partial charge in [0.05, 0.1) is 6.10 Å². The molecule has 0 aromatic carbocycles. The molecular weight excluding hydrogens is 128 g/mol. The third kappa shape index (κ3) is 1.45. The average Bonchev–Trinajstić information content (AvgIpc) is 1.88. The number of hydrogen-bond donors (Lipinski definition) is 2. The van der Waals surface area contributed by atoms with E-state index in [0.29, 0.717) is 5.82 Å². The minimum absolute atomic E-state index is 0.465. The van der Waals surface area contributed by atoms with Crippen LogP contribution in [0.3, 0.4) is 0 Å². The van der Waals surface area contributed by atoms with Crippen LogP contribution in [0.1, 0.15) is 18.6 Å². The molecule has 54 valence electrons. The van der Waals surface area contributed by atoms with Crippen LogP contribution in [-0.2, 0) is 0 Å². The van der Waals surface area contributed by atoms with E-state index in [1.807, 2.05) is 0 Å². The van der Waals surface area contributed by atoms with Gasteiger partial charge in [0.1, 0.15) is 5.82 Å². The lowest BCUT2D eigenvalue weighted by molar-refractivity contribution is 0.199. The van der Waals surface area contributed by atoms with Crippen LogP contribution in [0.5, 0.6) is 0 Å². The Bertz CT molecular complexity index is 205. The smallest absolute Gasteiger partial charge is 0.123 e. The minimum atomic E-state index is -0.465. The van der Waals surface area contributed by atoms with Crippen LogP contribution >= 0.6 is 0 Å². The molecule has 1 aromatic heterocycles. The highest BCUT2D eigenvalue weighted by atomic mass is 16.3. The van der Waals surface area contributed by atoms with Crippen LogP contribution in [0.2, 0.25) is 0 Å². The SMILES string of the molecule is CC(O)c1ccc(N)nc1. The largest absolute Gasteiger partial charge is 0.389 e. The summed E-state index contributed by atoms with van der Waals surface area (Å²) in [4.78, 5) is 3.82. The summed E-state index contributed by atoms with van der Waals surface area (Å²) in [5.41, 5.74) is 6.12. The Morgan fingerprint density at radius 1 is 1.60 bits per heavy atom. The molecule has 1 heterocycles. The number of rotatable bonds is 1. The molecule has 1 unspecified atom stereocenters. The molecule has 0 aliphatic carbocycles. The van der Waals surface area contributed by atoms with E-state index in [0.717, 1.165) is 5.56 Å². The van der Waals surface area contributed by atoms with E-state index in [1.54, 1.807) is 25.3 Å². The number of anilines is 1. The van der Waals surface area contributed by atoms with Crippen LogP contribution in [0.15, 0.2) is 18.3 Å². The second-order valence-electron chi connectivity index (χ2n) is 2.19. The molecule has 3 heteroatoms. The van der Waals surface area contributed by atoms with Gasteiger partial charge in [-0.05, 0) is 18.6 Å². The van der Waals surface area contributed by atoms with E-state index >= 15 is 0 Å². The Balaban J connectivity index is 2.89. The summed E-state index contributed by atoms with van der Waals surface area (Å²) in [6.45, 7) is 1.69. The highest BCUT2D eigenvalue weighted by Crippen LogP contribution is 2.10. The molecule has 0 spiro atoms. The normalized spacial score (nSPS) is 13.0. The molecule has 0 bridgehead atoms. The number of aliphatic hydroxyl groups excluding tert-OH is 1. The maximum absolute atomic E-state index is 9.03. The number of nitrogens with two attached hydrogens (primary N) is 1. The fourth-order valence-corrected chi connectivity index (χ4v) is 0.664. The second kappa shape index (κ2) is 2.66. The van der Waals surface area contributed by atoms with Crippen LogP contribution in [0, 0.1) is 0 Å². The monoisotopic (exact) mass is 138 g/mol. The molecule has 10 heavy (non-hydrogen) atoms. The van der Waals surface area contributed by atoms with Crippen LogP contribution in [-0.4, -0.2) is 10.1 Å². The molecule has 1 rings (SSSR count). The van der Waals surface area contributed by atoms with Gasteiger partial charge in [-0.2, -0.15) is 0 Å². The first kappa shape index (κ1) is 7.02. The van der Waals surface area contributed by atoms with Crippen LogP contribution < -0.4 is 5.73 Å². The second-order valence-corrected chi connectivity index (χ2v) is 2.19. The maximum Gasteiger partial charge on any atom is 0.123 e. The summed E-state index contributed by atoms with van der Waals surface area (Å²) in [6, 6.07) is 3.43.